The highest BCUT2D eigenvalue weighted by atomic mass is 16.6. The Kier molecular flexibility index (Phi) is 4.85. The molecule has 4 rings (SSSR count). The van der Waals surface area contributed by atoms with Crippen molar-refractivity contribution in [3.63, 3.8) is 0 Å². The number of ether oxygens (including phenoxy) is 2. The zero-order valence-corrected chi connectivity index (χ0v) is 16.1. The normalized spacial score (nSPS) is 10.7. The number of benzene rings is 2. The number of hydrogen-bond donors (Lipinski definition) is 0. The summed E-state index contributed by atoms with van der Waals surface area (Å²) in [6.45, 7) is 0. The number of nitro groups is 1. The monoisotopic (exact) mass is 404 g/mol. The van der Waals surface area contributed by atoms with Crippen LogP contribution in [0, 0.1) is 10.1 Å². The van der Waals surface area contributed by atoms with Crippen molar-refractivity contribution in [2.75, 3.05) is 14.2 Å². The number of para-hydroxylation sites is 2. The molecule has 9 nitrogen and oxygen atoms in total. The second kappa shape index (κ2) is 7.63. The van der Waals surface area contributed by atoms with Crippen LogP contribution < -0.4 is 15.0 Å². The van der Waals surface area contributed by atoms with Gasteiger partial charge < -0.3 is 9.47 Å². The van der Waals surface area contributed by atoms with Crippen LogP contribution in [0.4, 0.5) is 5.69 Å². The van der Waals surface area contributed by atoms with Crippen molar-refractivity contribution in [3.05, 3.63) is 81.1 Å². The van der Waals surface area contributed by atoms with Gasteiger partial charge in [-0.1, -0.05) is 30.3 Å². The Morgan fingerprint density at radius 1 is 0.967 bits per heavy atom. The maximum absolute atomic E-state index is 13.6. The molecule has 0 atom stereocenters. The molecule has 4 aromatic rings. The molecule has 9 heteroatoms. The van der Waals surface area contributed by atoms with E-state index in [4.69, 9.17) is 9.47 Å². The van der Waals surface area contributed by atoms with E-state index in [-0.39, 0.29) is 34.0 Å². The fourth-order valence-electron chi connectivity index (χ4n) is 3.28. The van der Waals surface area contributed by atoms with E-state index in [1.165, 1.54) is 24.9 Å². The summed E-state index contributed by atoms with van der Waals surface area (Å²) in [6.07, 6.45) is 0. The number of rotatable bonds is 5. The molecule has 2 aromatic carbocycles. The third-order valence-electron chi connectivity index (χ3n) is 4.58. The fourth-order valence-corrected chi connectivity index (χ4v) is 3.28. The van der Waals surface area contributed by atoms with Gasteiger partial charge in [-0.15, -0.1) is 0 Å². The summed E-state index contributed by atoms with van der Waals surface area (Å²) in [5.41, 5.74) is 0.787. The molecule has 30 heavy (non-hydrogen) atoms. The number of nitro benzene ring substituents is 1. The van der Waals surface area contributed by atoms with Crippen LogP contribution in [0.2, 0.25) is 0 Å². The van der Waals surface area contributed by atoms with Gasteiger partial charge in [0.05, 0.1) is 35.9 Å². The van der Waals surface area contributed by atoms with Crippen molar-refractivity contribution < 1.29 is 14.4 Å². The van der Waals surface area contributed by atoms with Crippen LogP contribution in [-0.4, -0.2) is 33.7 Å². The maximum Gasteiger partial charge on any atom is 0.320 e. The summed E-state index contributed by atoms with van der Waals surface area (Å²) >= 11 is 0. The van der Waals surface area contributed by atoms with Gasteiger partial charge in [-0.2, -0.15) is 9.97 Å². The summed E-state index contributed by atoms with van der Waals surface area (Å²) in [6, 6.07) is 16.7. The van der Waals surface area contributed by atoms with E-state index >= 15 is 0 Å². The Hall–Kier alpha value is -4.27. The first-order valence-corrected chi connectivity index (χ1v) is 8.90. The van der Waals surface area contributed by atoms with Gasteiger partial charge in [0.15, 0.2) is 0 Å². The van der Waals surface area contributed by atoms with Crippen molar-refractivity contribution in [2.24, 2.45) is 0 Å². The van der Waals surface area contributed by atoms with Crippen molar-refractivity contribution in [2.45, 2.75) is 0 Å². The quantitative estimate of drug-likeness (QED) is 0.370. The van der Waals surface area contributed by atoms with Crippen molar-refractivity contribution in [1.29, 1.82) is 0 Å². The van der Waals surface area contributed by atoms with Gasteiger partial charge in [0, 0.05) is 11.8 Å². The minimum Gasteiger partial charge on any atom is -0.480 e. The molecule has 0 saturated carbocycles. The Bertz CT molecular complexity index is 1320. The molecule has 0 bridgehead atoms. The third-order valence-corrected chi connectivity index (χ3v) is 4.58. The van der Waals surface area contributed by atoms with E-state index in [0.29, 0.717) is 11.4 Å². The predicted molar refractivity (Wildman–Crippen MR) is 110 cm³/mol. The van der Waals surface area contributed by atoms with Gasteiger partial charge in [-0.05, 0) is 24.3 Å². The highest BCUT2D eigenvalue weighted by Crippen LogP contribution is 2.33. The zero-order chi connectivity index (χ0) is 21.3. The van der Waals surface area contributed by atoms with Gasteiger partial charge >= 0.3 is 6.01 Å². The average molecular weight is 404 g/mol. The Morgan fingerprint density at radius 3 is 2.33 bits per heavy atom. The van der Waals surface area contributed by atoms with E-state index in [1.54, 1.807) is 48.5 Å². The number of hydrogen-bond acceptors (Lipinski definition) is 7. The molecule has 0 unspecified atom stereocenters. The second-order valence-electron chi connectivity index (χ2n) is 6.26. The lowest BCUT2D eigenvalue weighted by Gasteiger charge is -2.16. The molecule has 150 valence electrons. The lowest BCUT2D eigenvalue weighted by molar-refractivity contribution is -0.384. The zero-order valence-electron chi connectivity index (χ0n) is 16.1. The van der Waals surface area contributed by atoms with Crippen LogP contribution in [0.1, 0.15) is 0 Å². The third kappa shape index (κ3) is 3.12. The first kappa shape index (κ1) is 19.1. The number of aromatic nitrogens is 3. The van der Waals surface area contributed by atoms with E-state index < -0.39 is 10.5 Å². The van der Waals surface area contributed by atoms with Crippen LogP contribution in [0.5, 0.6) is 11.9 Å². The first-order chi connectivity index (χ1) is 14.5. The van der Waals surface area contributed by atoms with Crippen LogP contribution in [-0.2, 0) is 0 Å². The van der Waals surface area contributed by atoms with Gasteiger partial charge in [0.2, 0.25) is 5.88 Å². The smallest absolute Gasteiger partial charge is 0.320 e. The van der Waals surface area contributed by atoms with Crippen LogP contribution in [0.15, 0.2) is 65.5 Å². The summed E-state index contributed by atoms with van der Waals surface area (Å²) in [5.74, 6) is 0.0562. The van der Waals surface area contributed by atoms with E-state index in [0.717, 1.165) is 0 Å². The summed E-state index contributed by atoms with van der Waals surface area (Å²) in [5, 5.41) is 11.8. The van der Waals surface area contributed by atoms with E-state index in [9.17, 15) is 14.9 Å². The lowest BCUT2D eigenvalue weighted by atomic mass is 10.1. The molecule has 0 aliphatic rings. The lowest BCUT2D eigenvalue weighted by Crippen LogP contribution is -2.22. The number of methoxy groups -OCH3 is 2. The molecular weight excluding hydrogens is 388 g/mol. The van der Waals surface area contributed by atoms with E-state index in [1.807, 2.05) is 6.07 Å². The minimum absolute atomic E-state index is 0.0183. The van der Waals surface area contributed by atoms with E-state index in [2.05, 4.69) is 9.97 Å². The maximum atomic E-state index is 13.6. The molecular formula is C21H16N4O5. The fraction of sp³-hybridized carbons (Fsp3) is 0.0952. The topological polar surface area (TPSA) is 109 Å². The van der Waals surface area contributed by atoms with Crippen molar-refractivity contribution in [3.8, 4) is 28.8 Å². The number of nitrogens with zero attached hydrogens (tertiary/aromatic N) is 4. The molecule has 2 aromatic heterocycles. The van der Waals surface area contributed by atoms with Crippen molar-refractivity contribution in [1.82, 2.24) is 14.5 Å². The summed E-state index contributed by atoms with van der Waals surface area (Å²) in [4.78, 5) is 33.1. The summed E-state index contributed by atoms with van der Waals surface area (Å²) in [7, 11) is 2.79. The molecule has 0 N–H and O–H groups in total. The van der Waals surface area contributed by atoms with Gasteiger partial charge in [-0.3, -0.25) is 19.5 Å². The highest BCUT2D eigenvalue weighted by Gasteiger charge is 2.23. The number of pyridine rings is 1. The average Bonchev–Trinajstić information content (AvgIpc) is 2.78. The second-order valence-corrected chi connectivity index (χ2v) is 6.26. The SMILES string of the molecule is COc1nc(OC)c2c(=O)n(-c3ccccc3)c(-c3ccccc3[N+](=O)[O-])cc2n1. The molecule has 0 aliphatic heterocycles. The summed E-state index contributed by atoms with van der Waals surface area (Å²) < 4.78 is 11.8. The Morgan fingerprint density at radius 2 is 1.67 bits per heavy atom. The van der Waals surface area contributed by atoms with Crippen molar-refractivity contribution >= 4 is 16.6 Å². The highest BCUT2D eigenvalue weighted by molar-refractivity contribution is 5.88. The molecule has 0 aliphatic carbocycles. The van der Waals surface area contributed by atoms with Gasteiger partial charge in [-0.25, -0.2) is 0 Å². The van der Waals surface area contributed by atoms with Crippen LogP contribution >= 0.6 is 0 Å². The van der Waals surface area contributed by atoms with Crippen LogP contribution in [0.3, 0.4) is 0 Å². The molecule has 2 heterocycles. The Labute approximate surface area is 170 Å². The molecule has 0 radical (unpaired) electrons. The molecule has 0 amide bonds. The number of fused-ring (bicyclic) bond motifs is 1. The predicted octanol–water partition coefficient (Wildman–Crippen LogP) is 3.37. The molecule has 0 saturated heterocycles. The first-order valence-electron chi connectivity index (χ1n) is 8.90. The minimum atomic E-state index is -0.486. The standard InChI is InChI=1S/C21H16N4O5/c1-29-19-18-15(22-21(23-19)30-2)12-17(14-10-6-7-11-16(14)25(27)28)24(20(18)26)13-8-4-3-5-9-13/h3-12H,1-2H3. The molecule has 0 fully saturated rings. The molecule has 0 spiro atoms. The van der Waals surface area contributed by atoms with Gasteiger partial charge in [0.1, 0.15) is 5.39 Å². The van der Waals surface area contributed by atoms with Gasteiger partial charge in [0.25, 0.3) is 11.2 Å². The Balaban J connectivity index is 2.19. The largest absolute Gasteiger partial charge is 0.480 e. The van der Waals surface area contributed by atoms with Crippen LogP contribution in [0.25, 0.3) is 27.8 Å².